The molecule has 3 unspecified atom stereocenters. The smallest absolute Gasteiger partial charge is 0.248 e. The summed E-state index contributed by atoms with van der Waals surface area (Å²) in [5, 5.41) is 16.4. The van der Waals surface area contributed by atoms with E-state index < -0.39 is 28.7 Å². The van der Waals surface area contributed by atoms with Gasteiger partial charge in [-0.3, -0.25) is 14.4 Å². The number of thioether (sulfide) groups is 1. The minimum atomic E-state index is -0.790. The van der Waals surface area contributed by atoms with Crippen LogP contribution in [0.25, 0.3) is 0 Å². The number of rotatable bonds is 8. The van der Waals surface area contributed by atoms with Crippen LogP contribution in [0.3, 0.4) is 0 Å². The first-order chi connectivity index (χ1) is 15.8. The second kappa shape index (κ2) is 9.76. The molecule has 3 N–H and O–H groups in total. The first-order valence-corrected chi connectivity index (χ1v) is 13.5. The molecule has 33 heavy (non-hydrogen) atoms. The molecule has 3 saturated heterocycles. The zero-order valence-corrected chi connectivity index (χ0v) is 21.8. The summed E-state index contributed by atoms with van der Waals surface area (Å²) < 4.78 is -0.733. The third-order valence-electron chi connectivity index (χ3n) is 7.01. The van der Waals surface area contributed by atoms with E-state index in [9.17, 15) is 19.5 Å². The van der Waals surface area contributed by atoms with Crippen molar-refractivity contribution in [3.05, 3.63) is 29.3 Å². The van der Waals surface area contributed by atoms with Crippen LogP contribution in [0.15, 0.2) is 24.3 Å². The molecule has 3 amide bonds. The molecule has 2 bridgehead atoms. The van der Waals surface area contributed by atoms with E-state index in [1.165, 1.54) is 0 Å². The third kappa shape index (κ3) is 4.09. The van der Waals surface area contributed by atoms with E-state index in [1.807, 2.05) is 13.8 Å². The van der Waals surface area contributed by atoms with Crippen molar-refractivity contribution in [2.45, 2.75) is 60.0 Å². The van der Waals surface area contributed by atoms with Crippen molar-refractivity contribution in [1.29, 1.82) is 0 Å². The van der Waals surface area contributed by atoms with Gasteiger partial charge in [0.25, 0.3) is 0 Å². The lowest BCUT2D eigenvalue weighted by Gasteiger charge is -2.37. The number of likely N-dealkylation sites (tertiary alicyclic amines) is 1. The number of fused-ring (bicyclic) bond motifs is 1. The van der Waals surface area contributed by atoms with E-state index >= 15 is 0 Å². The Labute approximate surface area is 211 Å². The highest BCUT2D eigenvalue weighted by molar-refractivity contribution is 9.09. The quantitative estimate of drug-likeness (QED) is 0.426. The maximum absolute atomic E-state index is 13.8. The van der Waals surface area contributed by atoms with Gasteiger partial charge in [-0.1, -0.05) is 41.4 Å². The number of hydrogen-bond donors (Lipinski definition) is 3. The molecule has 180 valence electrons. The molecule has 0 saturated carbocycles. The average molecular weight is 559 g/mol. The highest BCUT2D eigenvalue weighted by Crippen LogP contribution is 2.68. The summed E-state index contributed by atoms with van der Waals surface area (Å²) in [6.07, 6.45) is 1.92. The van der Waals surface area contributed by atoms with Crippen molar-refractivity contribution in [3.63, 3.8) is 0 Å². The van der Waals surface area contributed by atoms with Gasteiger partial charge in [0.2, 0.25) is 17.7 Å². The van der Waals surface area contributed by atoms with Crippen LogP contribution in [0.5, 0.6) is 0 Å². The molecular formula is C23H29BrClN3O4S. The number of carbonyl (C=O) groups excluding carboxylic acids is 3. The number of amides is 3. The van der Waals surface area contributed by atoms with E-state index in [2.05, 4.69) is 26.6 Å². The fraction of sp³-hybridized carbons (Fsp3) is 0.609. The van der Waals surface area contributed by atoms with Gasteiger partial charge in [-0.2, -0.15) is 0 Å². The van der Waals surface area contributed by atoms with Gasteiger partial charge in [0.15, 0.2) is 0 Å². The van der Waals surface area contributed by atoms with Crippen molar-refractivity contribution in [2.75, 3.05) is 18.5 Å². The molecule has 7 nitrogen and oxygen atoms in total. The Morgan fingerprint density at radius 3 is 2.61 bits per heavy atom. The van der Waals surface area contributed by atoms with Gasteiger partial charge in [0.05, 0.1) is 29.2 Å². The molecule has 3 fully saturated rings. The van der Waals surface area contributed by atoms with Crippen molar-refractivity contribution in [3.8, 4) is 0 Å². The molecule has 0 aromatic heterocycles. The maximum atomic E-state index is 13.8. The van der Waals surface area contributed by atoms with Crippen molar-refractivity contribution >= 4 is 62.7 Å². The summed E-state index contributed by atoms with van der Waals surface area (Å²) in [5.74, 6) is -1.76. The van der Waals surface area contributed by atoms with Crippen LogP contribution >= 0.6 is 39.3 Å². The van der Waals surface area contributed by atoms with E-state index in [1.54, 1.807) is 40.9 Å². The second-order valence-corrected chi connectivity index (χ2v) is 12.1. The Morgan fingerprint density at radius 1 is 1.30 bits per heavy atom. The third-order valence-corrected chi connectivity index (χ3v) is 10.5. The lowest BCUT2D eigenvalue weighted by atomic mass is 9.70. The molecule has 3 heterocycles. The standard InChI is InChI=1S/C23H29BrClN3O4S/c1-3-9-26-20(30)16-17-22(32)28(14(4-2)11-29)19(23(17)10-15(24)18(16)33-23)21(31)27-13-7-5-12(25)6-8-13/h5-8,14-19,29H,3-4,9-11H2,1-2H3,(H,26,30)(H,27,31)/t14-,15?,16+,17-,18+,19?,23?/m0/s1. The van der Waals surface area contributed by atoms with Gasteiger partial charge in [-0.15, -0.1) is 11.8 Å². The lowest BCUT2D eigenvalue weighted by Crippen LogP contribution is -2.55. The van der Waals surface area contributed by atoms with Gasteiger partial charge < -0.3 is 20.6 Å². The maximum Gasteiger partial charge on any atom is 0.248 e. The molecule has 3 aliphatic rings. The van der Waals surface area contributed by atoms with Crippen LogP contribution in [-0.4, -0.2) is 67.8 Å². The highest BCUT2D eigenvalue weighted by Gasteiger charge is 2.76. The molecule has 0 aliphatic carbocycles. The molecule has 10 heteroatoms. The van der Waals surface area contributed by atoms with Gasteiger partial charge >= 0.3 is 0 Å². The van der Waals surface area contributed by atoms with E-state index in [-0.39, 0.29) is 34.4 Å². The predicted molar refractivity (Wildman–Crippen MR) is 134 cm³/mol. The van der Waals surface area contributed by atoms with Gasteiger partial charge in [-0.05, 0) is 43.5 Å². The molecule has 7 atom stereocenters. The van der Waals surface area contributed by atoms with Crippen LogP contribution in [0.4, 0.5) is 5.69 Å². The van der Waals surface area contributed by atoms with Crippen LogP contribution in [0, 0.1) is 11.8 Å². The molecule has 4 rings (SSSR count). The van der Waals surface area contributed by atoms with Crippen LogP contribution < -0.4 is 10.6 Å². The van der Waals surface area contributed by atoms with Gasteiger partial charge in [-0.25, -0.2) is 0 Å². The fourth-order valence-electron chi connectivity index (χ4n) is 5.58. The van der Waals surface area contributed by atoms with Crippen LogP contribution in [-0.2, 0) is 14.4 Å². The number of nitrogens with zero attached hydrogens (tertiary/aromatic N) is 1. The fourth-order valence-corrected chi connectivity index (χ4v) is 9.31. The van der Waals surface area contributed by atoms with Crippen molar-refractivity contribution < 1.29 is 19.5 Å². The van der Waals surface area contributed by atoms with Crippen molar-refractivity contribution in [2.24, 2.45) is 11.8 Å². The number of alkyl halides is 1. The Bertz CT molecular complexity index is 931. The van der Waals surface area contributed by atoms with E-state index in [0.29, 0.717) is 30.1 Å². The normalized spacial score (nSPS) is 33.2. The number of carbonyl (C=O) groups is 3. The Morgan fingerprint density at radius 2 is 2.00 bits per heavy atom. The zero-order valence-electron chi connectivity index (χ0n) is 18.6. The first kappa shape index (κ1) is 24.8. The van der Waals surface area contributed by atoms with Crippen LogP contribution in [0.1, 0.15) is 33.1 Å². The number of halogens is 2. The summed E-state index contributed by atoms with van der Waals surface area (Å²) in [6, 6.07) is 5.53. The summed E-state index contributed by atoms with van der Waals surface area (Å²) in [5.41, 5.74) is 0.582. The molecule has 3 aliphatic heterocycles. The first-order valence-electron chi connectivity index (χ1n) is 11.4. The molecular weight excluding hydrogens is 530 g/mol. The van der Waals surface area contributed by atoms with Gasteiger partial charge in [0.1, 0.15) is 6.04 Å². The number of aliphatic hydroxyl groups is 1. The minimum Gasteiger partial charge on any atom is -0.394 e. The summed E-state index contributed by atoms with van der Waals surface area (Å²) in [4.78, 5) is 42.3. The number of aliphatic hydroxyl groups excluding tert-OH is 1. The predicted octanol–water partition coefficient (Wildman–Crippen LogP) is 3.04. The number of hydrogen-bond acceptors (Lipinski definition) is 5. The summed E-state index contributed by atoms with van der Waals surface area (Å²) in [6.45, 7) is 4.18. The Balaban J connectivity index is 1.73. The van der Waals surface area contributed by atoms with E-state index in [4.69, 9.17) is 11.6 Å². The zero-order chi connectivity index (χ0) is 23.9. The van der Waals surface area contributed by atoms with Crippen molar-refractivity contribution in [1.82, 2.24) is 10.2 Å². The van der Waals surface area contributed by atoms with E-state index in [0.717, 1.165) is 6.42 Å². The number of nitrogens with one attached hydrogen (secondary N) is 2. The monoisotopic (exact) mass is 557 g/mol. The molecule has 1 aromatic carbocycles. The highest BCUT2D eigenvalue weighted by atomic mass is 79.9. The summed E-state index contributed by atoms with van der Waals surface area (Å²) in [7, 11) is 0. The second-order valence-electron chi connectivity index (χ2n) is 8.94. The largest absolute Gasteiger partial charge is 0.394 e. The molecule has 1 spiro atoms. The molecule has 0 radical (unpaired) electrons. The number of benzene rings is 1. The van der Waals surface area contributed by atoms with Gasteiger partial charge in [0, 0.05) is 27.3 Å². The topological polar surface area (TPSA) is 98.7 Å². The number of anilines is 1. The Kier molecular flexibility index (Phi) is 7.34. The summed E-state index contributed by atoms with van der Waals surface area (Å²) >= 11 is 11.3. The lowest BCUT2D eigenvalue weighted by molar-refractivity contribution is -0.142. The van der Waals surface area contributed by atoms with Crippen LogP contribution in [0.2, 0.25) is 5.02 Å². The molecule has 1 aromatic rings. The SMILES string of the molecule is CCCNC(=O)[C@H]1[C@@H]2SC3(CC2Br)C(C(=O)Nc2ccc(Cl)cc2)N([C@@H](CC)CO)C(=O)[C@H]13. The Hall–Kier alpha value is -1.29. The minimum absolute atomic E-state index is 0.0175. The average Bonchev–Trinajstić information content (AvgIpc) is 3.38.